The lowest BCUT2D eigenvalue weighted by Crippen LogP contribution is -2.40. The minimum absolute atomic E-state index is 0.667. The first-order valence-electron chi connectivity index (χ1n) is 5.04. The summed E-state index contributed by atoms with van der Waals surface area (Å²) in [6, 6.07) is 0.667. The molecule has 0 aliphatic carbocycles. The van der Waals surface area contributed by atoms with Crippen LogP contribution in [-0.2, 0) is 6.42 Å². The molecule has 1 aromatic heterocycles. The van der Waals surface area contributed by atoms with Gasteiger partial charge in [0.2, 0.25) is 0 Å². The van der Waals surface area contributed by atoms with Crippen LogP contribution < -0.4 is 5.32 Å². The smallest absolute Gasteiger partial charge is 0.133 e. The van der Waals surface area contributed by atoms with Gasteiger partial charge in [0, 0.05) is 12.5 Å². The lowest BCUT2D eigenvalue weighted by Gasteiger charge is -2.36. The third-order valence-electron chi connectivity index (χ3n) is 3.31. The van der Waals surface area contributed by atoms with E-state index in [0.29, 0.717) is 6.04 Å². The van der Waals surface area contributed by atoms with Crippen molar-refractivity contribution >= 4 is 0 Å². The minimum atomic E-state index is 0.667. The second kappa shape index (κ2) is 2.80. The van der Waals surface area contributed by atoms with Gasteiger partial charge in [-0.2, -0.15) is 0 Å². The number of hydrogen-bond acceptors (Lipinski definition) is 3. The zero-order valence-corrected chi connectivity index (χ0v) is 7.61. The summed E-state index contributed by atoms with van der Waals surface area (Å²) in [5, 5.41) is 11.6. The SMILES string of the molecule is c1nnc2n1C1CCNCC1CC2. The van der Waals surface area contributed by atoms with Crippen molar-refractivity contribution in [2.75, 3.05) is 13.1 Å². The van der Waals surface area contributed by atoms with Crippen LogP contribution in [0.5, 0.6) is 0 Å². The van der Waals surface area contributed by atoms with Crippen LogP contribution in [0.15, 0.2) is 6.33 Å². The van der Waals surface area contributed by atoms with Crippen LogP contribution in [0, 0.1) is 5.92 Å². The quantitative estimate of drug-likeness (QED) is 0.624. The average molecular weight is 178 g/mol. The number of aromatic nitrogens is 3. The highest BCUT2D eigenvalue weighted by Gasteiger charge is 2.31. The number of nitrogens with one attached hydrogen (secondary N) is 1. The Hall–Kier alpha value is -0.900. The molecule has 2 unspecified atom stereocenters. The Bertz CT molecular complexity index is 306. The third kappa shape index (κ3) is 1.09. The van der Waals surface area contributed by atoms with Crippen molar-refractivity contribution in [3.63, 3.8) is 0 Å². The van der Waals surface area contributed by atoms with Gasteiger partial charge < -0.3 is 9.88 Å². The van der Waals surface area contributed by atoms with Crippen LogP contribution in [0.2, 0.25) is 0 Å². The highest BCUT2D eigenvalue weighted by molar-refractivity contribution is 4.99. The predicted molar refractivity (Wildman–Crippen MR) is 48.4 cm³/mol. The number of rotatable bonds is 0. The molecule has 2 aliphatic heterocycles. The maximum Gasteiger partial charge on any atom is 0.133 e. The molecule has 1 N–H and O–H groups in total. The fraction of sp³-hybridized carbons (Fsp3) is 0.778. The maximum atomic E-state index is 4.14. The van der Waals surface area contributed by atoms with Crippen molar-refractivity contribution < 1.29 is 0 Å². The Morgan fingerprint density at radius 3 is 3.46 bits per heavy atom. The van der Waals surface area contributed by atoms with Crippen LogP contribution >= 0.6 is 0 Å². The molecule has 0 aromatic carbocycles. The van der Waals surface area contributed by atoms with Gasteiger partial charge in [0.25, 0.3) is 0 Å². The van der Waals surface area contributed by atoms with Crippen LogP contribution in [0.1, 0.15) is 24.7 Å². The van der Waals surface area contributed by atoms with Crippen LogP contribution in [0.4, 0.5) is 0 Å². The molecule has 4 nitrogen and oxygen atoms in total. The summed E-state index contributed by atoms with van der Waals surface area (Å²) in [6.45, 7) is 2.31. The first-order valence-corrected chi connectivity index (χ1v) is 5.04. The predicted octanol–water partition coefficient (Wildman–Crippen LogP) is 0.375. The van der Waals surface area contributed by atoms with Crippen LogP contribution in [0.25, 0.3) is 0 Å². The molecule has 3 heterocycles. The Morgan fingerprint density at radius 1 is 1.46 bits per heavy atom. The van der Waals surface area contributed by atoms with E-state index in [1.165, 1.54) is 25.2 Å². The molecular weight excluding hydrogens is 164 g/mol. The maximum absolute atomic E-state index is 4.14. The number of aryl methyl sites for hydroxylation is 1. The Labute approximate surface area is 77.4 Å². The molecule has 13 heavy (non-hydrogen) atoms. The van der Waals surface area contributed by atoms with E-state index in [-0.39, 0.29) is 0 Å². The molecule has 0 amide bonds. The van der Waals surface area contributed by atoms with Crippen molar-refractivity contribution in [3.8, 4) is 0 Å². The summed E-state index contributed by atoms with van der Waals surface area (Å²) in [4.78, 5) is 0. The van der Waals surface area contributed by atoms with Gasteiger partial charge >= 0.3 is 0 Å². The summed E-state index contributed by atoms with van der Waals surface area (Å²) in [6.07, 6.45) is 5.51. The first-order chi connectivity index (χ1) is 6.45. The van der Waals surface area contributed by atoms with E-state index in [1.54, 1.807) is 0 Å². The van der Waals surface area contributed by atoms with Gasteiger partial charge in [-0.15, -0.1) is 10.2 Å². The topological polar surface area (TPSA) is 42.7 Å². The largest absolute Gasteiger partial charge is 0.316 e. The van der Waals surface area contributed by atoms with E-state index < -0.39 is 0 Å². The van der Waals surface area contributed by atoms with E-state index in [4.69, 9.17) is 0 Å². The number of piperidine rings is 1. The summed E-state index contributed by atoms with van der Waals surface area (Å²) < 4.78 is 2.29. The van der Waals surface area contributed by atoms with E-state index in [1.807, 2.05) is 6.33 Å². The van der Waals surface area contributed by atoms with Gasteiger partial charge in [0.05, 0.1) is 0 Å². The van der Waals surface area contributed by atoms with Crippen molar-refractivity contribution in [3.05, 3.63) is 12.2 Å². The monoisotopic (exact) mass is 178 g/mol. The van der Waals surface area contributed by atoms with E-state index in [0.717, 1.165) is 18.9 Å². The van der Waals surface area contributed by atoms with Gasteiger partial charge in [-0.25, -0.2) is 0 Å². The van der Waals surface area contributed by atoms with Gasteiger partial charge in [-0.1, -0.05) is 0 Å². The van der Waals surface area contributed by atoms with E-state index >= 15 is 0 Å². The molecule has 0 bridgehead atoms. The standard InChI is InChI=1S/C9H14N4/c1-2-9-12-11-6-13(9)8-3-4-10-5-7(1)8/h6-8,10H,1-5H2. The van der Waals surface area contributed by atoms with Crippen molar-refractivity contribution in [2.24, 2.45) is 5.92 Å². The van der Waals surface area contributed by atoms with Gasteiger partial charge in [-0.05, 0) is 31.8 Å². The molecule has 1 fully saturated rings. The molecule has 1 saturated heterocycles. The highest BCUT2D eigenvalue weighted by Crippen LogP contribution is 2.32. The normalized spacial score (nSPS) is 32.3. The van der Waals surface area contributed by atoms with Crippen LogP contribution in [-0.4, -0.2) is 27.9 Å². The fourth-order valence-corrected chi connectivity index (χ4v) is 2.61. The molecule has 2 aliphatic rings. The van der Waals surface area contributed by atoms with E-state index in [2.05, 4.69) is 20.1 Å². The summed E-state index contributed by atoms with van der Waals surface area (Å²) >= 11 is 0. The first kappa shape index (κ1) is 7.50. The Kier molecular flexibility index (Phi) is 1.62. The lowest BCUT2D eigenvalue weighted by atomic mass is 9.86. The van der Waals surface area contributed by atoms with Crippen molar-refractivity contribution in [1.29, 1.82) is 0 Å². The van der Waals surface area contributed by atoms with Gasteiger partial charge in [0.1, 0.15) is 12.2 Å². The van der Waals surface area contributed by atoms with Gasteiger partial charge in [-0.3, -0.25) is 0 Å². The Balaban J connectivity index is 1.97. The fourth-order valence-electron chi connectivity index (χ4n) is 2.61. The number of fused-ring (bicyclic) bond motifs is 3. The molecule has 70 valence electrons. The minimum Gasteiger partial charge on any atom is -0.316 e. The zero-order chi connectivity index (χ0) is 8.67. The third-order valence-corrected chi connectivity index (χ3v) is 3.31. The Morgan fingerprint density at radius 2 is 2.46 bits per heavy atom. The number of hydrogen-bond donors (Lipinski definition) is 1. The molecule has 0 saturated carbocycles. The molecular formula is C9H14N4. The average Bonchev–Trinajstić information content (AvgIpc) is 2.65. The molecule has 0 radical (unpaired) electrons. The molecule has 0 spiro atoms. The van der Waals surface area contributed by atoms with Crippen LogP contribution in [0.3, 0.4) is 0 Å². The molecule has 2 atom stereocenters. The summed E-state index contributed by atoms with van der Waals surface area (Å²) in [5.41, 5.74) is 0. The number of nitrogens with zero attached hydrogens (tertiary/aromatic N) is 3. The molecule has 3 rings (SSSR count). The van der Waals surface area contributed by atoms with Crippen molar-refractivity contribution in [1.82, 2.24) is 20.1 Å². The van der Waals surface area contributed by atoms with Crippen molar-refractivity contribution in [2.45, 2.75) is 25.3 Å². The summed E-state index contributed by atoms with van der Waals surface area (Å²) in [5.74, 6) is 1.99. The lowest BCUT2D eigenvalue weighted by molar-refractivity contribution is 0.213. The molecule has 4 heteroatoms. The second-order valence-corrected chi connectivity index (χ2v) is 4.01. The summed E-state index contributed by atoms with van der Waals surface area (Å²) in [7, 11) is 0. The van der Waals surface area contributed by atoms with E-state index in [9.17, 15) is 0 Å². The highest BCUT2D eigenvalue weighted by atomic mass is 15.3. The molecule has 1 aromatic rings. The zero-order valence-electron chi connectivity index (χ0n) is 7.61. The van der Waals surface area contributed by atoms with Gasteiger partial charge in [0.15, 0.2) is 0 Å². The second-order valence-electron chi connectivity index (χ2n) is 4.01.